The number of benzene rings is 1. The molecule has 0 spiro atoms. The van der Waals surface area contributed by atoms with Gasteiger partial charge >= 0.3 is 0 Å². The quantitative estimate of drug-likeness (QED) is 0.769. The molecule has 2 aliphatic rings. The first-order chi connectivity index (χ1) is 13.2. The van der Waals surface area contributed by atoms with E-state index in [0.29, 0.717) is 6.04 Å². The minimum atomic E-state index is 0.0549. The van der Waals surface area contributed by atoms with Crippen LogP contribution in [0.25, 0.3) is 10.9 Å². The first kappa shape index (κ1) is 18.3. The third-order valence-corrected chi connectivity index (χ3v) is 6.31. The average Bonchev–Trinajstić information content (AvgIpc) is 3.07. The van der Waals surface area contributed by atoms with Gasteiger partial charge in [0.15, 0.2) is 5.78 Å². The van der Waals surface area contributed by atoms with Gasteiger partial charge in [-0.25, -0.2) is 0 Å². The molecule has 1 aromatic heterocycles. The van der Waals surface area contributed by atoms with Gasteiger partial charge in [0, 0.05) is 34.6 Å². The number of para-hydroxylation sites is 1. The number of hydrogen-bond donors (Lipinski definition) is 1. The molecule has 0 atom stereocenters. The number of amides is 1. The highest BCUT2D eigenvalue weighted by atomic mass is 16.2. The van der Waals surface area contributed by atoms with Crippen molar-refractivity contribution in [2.75, 3.05) is 0 Å². The number of ketones is 1. The largest absolute Gasteiger partial charge is 0.352 e. The molecule has 4 rings (SSSR count). The van der Waals surface area contributed by atoms with E-state index in [2.05, 4.69) is 5.32 Å². The molecule has 0 radical (unpaired) electrons. The Bertz CT molecular complexity index is 811. The maximum Gasteiger partial charge on any atom is 0.240 e. The van der Waals surface area contributed by atoms with Crippen LogP contribution in [0.4, 0.5) is 0 Å². The van der Waals surface area contributed by atoms with Crippen LogP contribution in [-0.4, -0.2) is 22.3 Å². The monoisotopic (exact) mass is 366 g/mol. The molecule has 4 nitrogen and oxygen atoms in total. The van der Waals surface area contributed by atoms with Crippen molar-refractivity contribution in [1.82, 2.24) is 9.88 Å². The van der Waals surface area contributed by atoms with Gasteiger partial charge in [0.05, 0.1) is 0 Å². The number of fused-ring (bicyclic) bond motifs is 1. The number of Topliss-reactive ketones (excluding diaryl/α,β-unsaturated/α-hetero) is 1. The summed E-state index contributed by atoms with van der Waals surface area (Å²) in [4.78, 5) is 25.7. The van der Waals surface area contributed by atoms with Crippen molar-refractivity contribution in [3.8, 4) is 0 Å². The lowest BCUT2D eigenvalue weighted by Gasteiger charge is -2.23. The van der Waals surface area contributed by atoms with Crippen molar-refractivity contribution < 1.29 is 9.59 Å². The molecule has 4 heteroatoms. The highest BCUT2D eigenvalue weighted by molar-refractivity contribution is 6.09. The molecule has 2 saturated carbocycles. The average molecular weight is 367 g/mol. The minimum Gasteiger partial charge on any atom is -0.352 e. The van der Waals surface area contributed by atoms with Gasteiger partial charge in [0.2, 0.25) is 5.91 Å². The molecule has 2 aliphatic carbocycles. The Morgan fingerprint density at radius 1 is 0.926 bits per heavy atom. The standard InChI is InChI=1S/C23H30N2O2/c26-22(24-18-11-5-2-6-12-18)16-25-15-20(19-13-7-8-14-21(19)25)23(27)17-9-3-1-4-10-17/h7-8,13-15,17-18H,1-6,9-12,16H2,(H,24,26). The highest BCUT2D eigenvalue weighted by Crippen LogP contribution is 2.30. The number of nitrogens with zero attached hydrogens (tertiary/aromatic N) is 1. The molecule has 0 saturated heterocycles. The Morgan fingerprint density at radius 3 is 2.33 bits per heavy atom. The van der Waals surface area contributed by atoms with Crippen molar-refractivity contribution in [1.29, 1.82) is 0 Å². The van der Waals surface area contributed by atoms with Crippen LogP contribution in [0.1, 0.15) is 74.6 Å². The van der Waals surface area contributed by atoms with E-state index in [1.807, 2.05) is 35.0 Å². The summed E-state index contributed by atoms with van der Waals surface area (Å²) in [6.07, 6.45) is 13.3. The van der Waals surface area contributed by atoms with E-state index in [0.717, 1.165) is 55.0 Å². The molecule has 1 aromatic carbocycles. The zero-order valence-electron chi connectivity index (χ0n) is 16.1. The maximum absolute atomic E-state index is 13.1. The molecular formula is C23H30N2O2. The van der Waals surface area contributed by atoms with E-state index in [-0.39, 0.29) is 24.2 Å². The minimum absolute atomic E-state index is 0.0549. The number of hydrogen-bond acceptors (Lipinski definition) is 2. The molecule has 27 heavy (non-hydrogen) atoms. The fourth-order valence-electron chi connectivity index (χ4n) is 4.83. The molecule has 1 N–H and O–H groups in total. The summed E-state index contributed by atoms with van der Waals surface area (Å²) >= 11 is 0. The van der Waals surface area contributed by atoms with Crippen LogP contribution in [0.3, 0.4) is 0 Å². The van der Waals surface area contributed by atoms with E-state index in [9.17, 15) is 9.59 Å². The van der Waals surface area contributed by atoms with Crippen molar-refractivity contribution in [3.63, 3.8) is 0 Å². The van der Waals surface area contributed by atoms with E-state index < -0.39 is 0 Å². The van der Waals surface area contributed by atoms with Gasteiger partial charge in [-0.05, 0) is 31.7 Å². The van der Waals surface area contributed by atoms with E-state index in [1.54, 1.807) is 0 Å². The van der Waals surface area contributed by atoms with Gasteiger partial charge in [-0.2, -0.15) is 0 Å². The zero-order chi connectivity index (χ0) is 18.6. The first-order valence-corrected chi connectivity index (χ1v) is 10.6. The van der Waals surface area contributed by atoms with Crippen LogP contribution in [0, 0.1) is 5.92 Å². The third-order valence-electron chi connectivity index (χ3n) is 6.31. The van der Waals surface area contributed by atoms with Crippen LogP contribution in [-0.2, 0) is 11.3 Å². The smallest absolute Gasteiger partial charge is 0.240 e. The van der Waals surface area contributed by atoms with E-state index >= 15 is 0 Å². The molecule has 0 aliphatic heterocycles. The van der Waals surface area contributed by atoms with Gasteiger partial charge in [0.25, 0.3) is 0 Å². The van der Waals surface area contributed by atoms with Crippen LogP contribution >= 0.6 is 0 Å². The molecule has 2 aromatic rings. The Hall–Kier alpha value is -2.10. The van der Waals surface area contributed by atoms with Crippen molar-refractivity contribution >= 4 is 22.6 Å². The number of rotatable bonds is 5. The molecule has 0 bridgehead atoms. The topological polar surface area (TPSA) is 51.1 Å². The number of aromatic nitrogens is 1. The fraction of sp³-hybridized carbons (Fsp3) is 0.565. The summed E-state index contributed by atoms with van der Waals surface area (Å²) in [7, 11) is 0. The SMILES string of the molecule is O=C(Cn1cc(C(=O)C2CCCCC2)c2ccccc21)NC1CCCCC1. The Balaban J connectivity index is 1.54. The number of nitrogens with one attached hydrogen (secondary N) is 1. The Morgan fingerprint density at radius 2 is 1.59 bits per heavy atom. The van der Waals surface area contributed by atoms with Gasteiger partial charge in [-0.1, -0.05) is 56.7 Å². The highest BCUT2D eigenvalue weighted by Gasteiger charge is 2.25. The summed E-state index contributed by atoms with van der Waals surface area (Å²) in [5, 5.41) is 4.17. The van der Waals surface area contributed by atoms with Crippen molar-refractivity contribution in [2.24, 2.45) is 5.92 Å². The lowest BCUT2D eigenvalue weighted by molar-refractivity contribution is -0.122. The summed E-state index contributed by atoms with van der Waals surface area (Å²) in [6.45, 7) is 0.287. The second-order valence-electron chi connectivity index (χ2n) is 8.29. The number of carbonyl (C=O) groups is 2. The molecule has 1 heterocycles. The number of carbonyl (C=O) groups excluding carboxylic acids is 2. The van der Waals surface area contributed by atoms with E-state index in [4.69, 9.17) is 0 Å². The lowest BCUT2D eigenvalue weighted by atomic mass is 9.84. The van der Waals surface area contributed by atoms with Gasteiger partial charge in [-0.3, -0.25) is 9.59 Å². The molecule has 2 fully saturated rings. The predicted octanol–water partition coefficient (Wildman–Crippen LogP) is 4.85. The molecule has 1 amide bonds. The molecule has 144 valence electrons. The third kappa shape index (κ3) is 4.10. The van der Waals surface area contributed by atoms with Crippen LogP contribution in [0.2, 0.25) is 0 Å². The second kappa shape index (κ2) is 8.28. The zero-order valence-corrected chi connectivity index (χ0v) is 16.1. The molecule has 0 unspecified atom stereocenters. The van der Waals surface area contributed by atoms with Crippen LogP contribution in [0.15, 0.2) is 30.5 Å². The second-order valence-corrected chi connectivity index (χ2v) is 8.29. The van der Waals surface area contributed by atoms with Crippen LogP contribution < -0.4 is 5.32 Å². The Labute approximate surface area is 161 Å². The van der Waals surface area contributed by atoms with Crippen LogP contribution in [0.5, 0.6) is 0 Å². The normalized spacial score (nSPS) is 19.3. The lowest BCUT2D eigenvalue weighted by Crippen LogP contribution is -2.38. The van der Waals surface area contributed by atoms with Gasteiger partial charge < -0.3 is 9.88 Å². The summed E-state index contributed by atoms with van der Waals surface area (Å²) in [6, 6.07) is 8.30. The van der Waals surface area contributed by atoms with Crippen molar-refractivity contribution in [3.05, 3.63) is 36.0 Å². The van der Waals surface area contributed by atoms with E-state index in [1.165, 1.54) is 25.7 Å². The predicted molar refractivity (Wildman–Crippen MR) is 108 cm³/mol. The fourth-order valence-corrected chi connectivity index (χ4v) is 4.83. The van der Waals surface area contributed by atoms with Gasteiger partial charge in [0.1, 0.15) is 6.54 Å². The molecular weight excluding hydrogens is 336 g/mol. The first-order valence-electron chi connectivity index (χ1n) is 10.6. The Kier molecular flexibility index (Phi) is 5.61. The van der Waals surface area contributed by atoms with Crippen molar-refractivity contribution in [2.45, 2.75) is 76.8 Å². The summed E-state index contributed by atoms with van der Waals surface area (Å²) in [5.74, 6) is 0.464. The maximum atomic E-state index is 13.1. The summed E-state index contributed by atoms with van der Waals surface area (Å²) < 4.78 is 1.96. The summed E-state index contributed by atoms with van der Waals surface area (Å²) in [5.41, 5.74) is 1.78. The van der Waals surface area contributed by atoms with Gasteiger partial charge in [-0.15, -0.1) is 0 Å².